The number of halogens is 1. The number of carbonyl (C=O) groups is 2. The van der Waals surface area contributed by atoms with Crippen molar-refractivity contribution in [2.45, 2.75) is 32.2 Å². The quantitative estimate of drug-likeness (QED) is 0.660. The van der Waals surface area contributed by atoms with Gasteiger partial charge in [0.25, 0.3) is 0 Å². The minimum atomic E-state index is -0.119. The predicted molar refractivity (Wildman–Crippen MR) is 69.9 cm³/mol. The minimum absolute atomic E-state index is 0.119. The van der Waals surface area contributed by atoms with Crippen molar-refractivity contribution in [2.24, 2.45) is 0 Å². The highest BCUT2D eigenvalue weighted by atomic mass is 35.5. The van der Waals surface area contributed by atoms with Gasteiger partial charge in [-0.25, -0.2) is 0 Å². The molecule has 2 N–H and O–H groups in total. The van der Waals surface area contributed by atoms with E-state index in [1.54, 1.807) is 18.2 Å². The van der Waals surface area contributed by atoms with Crippen LogP contribution in [-0.4, -0.2) is 16.7 Å². The van der Waals surface area contributed by atoms with Crippen LogP contribution in [0, 0.1) is 0 Å². The Bertz CT molecular complexity index is 470. The number of rotatable bonds is 2. The molecule has 5 heteroatoms. The summed E-state index contributed by atoms with van der Waals surface area (Å²) in [6, 6.07) is 5.09. The van der Waals surface area contributed by atoms with E-state index in [9.17, 15) is 9.59 Å². The predicted octanol–water partition coefficient (Wildman–Crippen LogP) is 2.35. The molecule has 1 saturated heterocycles. The number of amides is 2. The molecule has 0 aliphatic carbocycles. The molecule has 0 atom stereocenters. The van der Waals surface area contributed by atoms with Gasteiger partial charge < -0.3 is 5.73 Å². The average Bonchev–Trinajstić information content (AvgIpc) is 2.47. The van der Waals surface area contributed by atoms with Crippen molar-refractivity contribution in [1.29, 1.82) is 0 Å². The van der Waals surface area contributed by atoms with Gasteiger partial charge in [-0.1, -0.05) is 17.7 Å². The van der Waals surface area contributed by atoms with Crippen LogP contribution < -0.4 is 5.73 Å². The van der Waals surface area contributed by atoms with E-state index in [0.717, 1.165) is 18.4 Å². The molecule has 0 radical (unpaired) electrons. The third-order valence-corrected chi connectivity index (χ3v) is 3.30. The summed E-state index contributed by atoms with van der Waals surface area (Å²) >= 11 is 5.82. The standard InChI is InChI=1S/C13H15ClN2O2/c14-10-6-5-9(11(15)7-10)8-16-12(17)3-1-2-4-13(16)18/h5-7H,1-4,8,15H2. The number of hydrogen-bond acceptors (Lipinski definition) is 3. The molecule has 96 valence electrons. The lowest BCUT2D eigenvalue weighted by molar-refractivity contribution is -0.144. The van der Waals surface area contributed by atoms with Crippen molar-refractivity contribution in [3.63, 3.8) is 0 Å². The molecule has 2 rings (SSSR count). The number of carbonyl (C=O) groups excluding carboxylic acids is 2. The van der Waals surface area contributed by atoms with Crippen molar-refractivity contribution in [2.75, 3.05) is 5.73 Å². The second-order valence-electron chi connectivity index (χ2n) is 4.42. The Labute approximate surface area is 111 Å². The van der Waals surface area contributed by atoms with Gasteiger partial charge >= 0.3 is 0 Å². The number of benzene rings is 1. The highest BCUT2D eigenvalue weighted by Crippen LogP contribution is 2.22. The number of nitrogen functional groups attached to an aromatic ring is 1. The van der Waals surface area contributed by atoms with E-state index < -0.39 is 0 Å². The summed E-state index contributed by atoms with van der Waals surface area (Å²) < 4.78 is 0. The number of nitrogens with zero attached hydrogens (tertiary/aromatic N) is 1. The fourth-order valence-electron chi connectivity index (χ4n) is 2.02. The van der Waals surface area contributed by atoms with Gasteiger partial charge in [-0.3, -0.25) is 14.5 Å². The van der Waals surface area contributed by atoms with Crippen molar-refractivity contribution in [3.8, 4) is 0 Å². The third kappa shape index (κ3) is 2.82. The lowest BCUT2D eigenvalue weighted by Crippen LogP contribution is -2.34. The van der Waals surface area contributed by atoms with Crippen LogP contribution in [0.5, 0.6) is 0 Å². The van der Waals surface area contributed by atoms with E-state index in [1.807, 2.05) is 0 Å². The van der Waals surface area contributed by atoms with E-state index in [-0.39, 0.29) is 18.4 Å². The number of likely N-dealkylation sites (tertiary alicyclic amines) is 1. The van der Waals surface area contributed by atoms with Gasteiger partial charge in [0.05, 0.1) is 6.54 Å². The average molecular weight is 267 g/mol. The fourth-order valence-corrected chi connectivity index (χ4v) is 2.20. The summed E-state index contributed by atoms with van der Waals surface area (Å²) in [5, 5.41) is 0.546. The molecule has 18 heavy (non-hydrogen) atoms. The summed E-state index contributed by atoms with van der Waals surface area (Å²) in [4.78, 5) is 25.0. The van der Waals surface area contributed by atoms with Crippen LogP contribution in [0.3, 0.4) is 0 Å². The van der Waals surface area contributed by atoms with Crippen LogP contribution in [0.1, 0.15) is 31.2 Å². The van der Waals surface area contributed by atoms with Crippen LogP contribution in [0.25, 0.3) is 0 Å². The van der Waals surface area contributed by atoms with Gasteiger partial charge in [0, 0.05) is 23.6 Å². The largest absolute Gasteiger partial charge is 0.398 e. The van der Waals surface area contributed by atoms with Crippen LogP contribution in [0.2, 0.25) is 5.02 Å². The summed E-state index contributed by atoms with van der Waals surface area (Å²) in [5.41, 5.74) is 7.09. The second kappa shape index (κ2) is 5.40. The Morgan fingerprint density at radius 2 is 1.78 bits per heavy atom. The Morgan fingerprint density at radius 1 is 1.17 bits per heavy atom. The monoisotopic (exact) mass is 266 g/mol. The molecule has 1 aliphatic rings. The highest BCUT2D eigenvalue weighted by Gasteiger charge is 2.24. The Balaban J connectivity index is 2.20. The highest BCUT2D eigenvalue weighted by molar-refractivity contribution is 6.30. The Morgan fingerprint density at radius 3 is 2.33 bits per heavy atom. The first kappa shape index (κ1) is 12.9. The zero-order valence-corrected chi connectivity index (χ0v) is 10.7. The molecule has 1 aromatic carbocycles. The first-order valence-corrected chi connectivity index (χ1v) is 6.33. The van der Waals surface area contributed by atoms with E-state index >= 15 is 0 Å². The summed E-state index contributed by atoms with van der Waals surface area (Å²) in [5.74, 6) is -0.237. The van der Waals surface area contributed by atoms with Gasteiger partial charge in [-0.05, 0) is 30.5 Å². The zero-order valence-electron chi connectivity index (χ0n) is 9.99. The maximum absolute atomic E-state index is 11.8. The van der Waals surface area contributed by atoms with Crippen LogP contribution in [0.4, 0.5) is 5.69 Å². The second-order valence-corrected chi connectivity index (χ2v) is 4.86. The number of anilines is 1. The van der Waals surface area contributed by atoms with Gasteiger partial charge in [-0.2, -0.15) is 0 Å². The zero-order chi connectivity index (χ0) is 13.1. The summed E-state index contributed by atoms with van der Waals surface area (Å²) in [6.45, 7) is 0.237. The Kier molecular flexibility index (Phi) is 3.87. The molecule has 1 heterocycles. The number of hydrogen-bond donors (Lipinski definition) is 1. The minimum Gasteiger partial charge on any atom is -0.398 e. The van der Waals surface area contributed by atoms with Crippen molar-refractivity contribution >= 4 is 29.1 Å². The molecule has 0 bridgehead atoms. The maximum Gasteiger partial charge on any atom is 0.229 e. The van der Waals surface area contributed by atoms with Crippen LogP contribution in [-0.2, 0) is 16.1 Å². The third-order valence-electron chi connectivity index (χ3n) is 3.07. The number of nitrogens with two attached hydrogens (primary N) is 1. The molecule has 2 amide bonds. The Hall–Kier alpha value is -1.55. The topological polar surface area (TPSA) is 63.4 Å². The van der Waals surface area contributed by atoms with Gasteiger partial charge in [0.2, 0.25) is 11.8 Å². The molecule has 0 aromatic heterocycles. The number of imide groups is 1. The SMILES string of the molecule is Nc1cc(Cl)ccc1CN1C(=O)CCCCC1=O. The maximum atomic E-state index is 11.8. The molecule has 0 saturated carbocycles. The molecule has 4 nitrogen and oxygen atoms in total. The van der Waals surface area contributed by atoms with E-state index in [4.69, 9.17) is 17.3 Å². The molecular formula is C13H15ClN2O2. The van der Waals surface area contributed by atoms with E-state index in [1.165, 1.54) is 4.90 Å². The van der Waals surface area contributed by atoms with Gasteiger partial charge in [-0.15, -0.1) is 0 Å². The first-order valence-electron chi connectivity index (χ1n) is 5.95. The van der Waals surface area contributed by atoms with E-state index in [0.29, 0.717) is 23.6 Å². The summed E-state index contributed by atoms with van der Waals surface area (Å²) in [7, 11) is 0. The fraction of sp³-hybridized carbons (Fsp3) is 0.385. The van der Waals surface area contributed by atoms with Crippen LogP contribution >= 0.6 is 11.6 Å². The van der Waals surface area contributed by atoms with Crippen LogP contribution in [0.15, 0.2) is 18.2 Å². The molecule has 1 aliphatic heterocycles. The molecule has 1 fully saturated rings. The first-order chi connectivity index (χ1) is 8.58. The van der Waals surface area contributed by atoms with Gasteiger partial charge in [0.1, 0.15) is 0 Å². The van der Waals surface area contributed by atoms with Crippen molar-refractivity contribution in [1.82, 2.24) is 4.90 Å². The smallest absolute Gasteiger partial charge is 0.229 e. The lowest BCUT2D eigenvalue weighted by atomic mass is 10.1. The lowest BCUT2D eigenvalue weighted by Gasteiger charge is -2.19. The molecule has 0 spiro atoms. The van der Waals surface area contributed by atoms with Crippen molar-refractivity contribution in [3.05, 3.63) is 28.8 Å². The normalized spacial score (nSPS) is 16.8. The molecule has 1 aromatic rings. The molecule has 0 unspecified atom stereocenters. The van der Waals surface area contributed by atoms with E-state index in [2.05, 4.69) is 0 Å². The summed E-state index contributed by atoms with van der Waals surface area (Å²) in [6.07, 6.45) is 2.41. The van der Waals surface area contributed by atoms with Gasteiger partial charge in [0.15, 0.2) is 0 Å². The van der Waals surface area contributed by atoms with Crippen molar-refractivity contribution < 1.29 is 9.59 Å². The molecular weight excluding hydrogens is 252 g/mol.